The number of amides is 1. The monoisotopic (exact) mass is 294 g/mol. The Labute approximate surface area is 120 Å². The lowest BCUT2D eigenvalue weighted by Gasteiger charge is -2.17. The van der Waals surface area contributed by atoms with E-state index >= 15 is 0 Å². The van der Waals surface area contributed by atoms with E-state index in [-0.39, 0.29) is 11.5 Å². The molecular formula is C13H18N4O2S. The normalized spacial score (nSPS) is 12.6. The predicted molar refractivity (Wildman–Crippen MR) is 80.0 cm³/mol. The van der Waals surface area contributed by atoms with E-state index in [4.69, 9.17) is 5.73 Å². The van der Waals surface area contributed by atoms with Crippen molar-refractivity contribution in [2.24, 2.45) is 5.73 Å². The average Bonchev–Trinajstić information content (AvgIpc) is 2.81. The van der Waals surface area contributed by atoms with Crippen molar-refractivity contribution in [3.05, 3.63) is 27.6 Å². The van der Waals surface area contributed by atoms with Crippen molar-refractivity contribution in [3.8, 4) is 0 Å². The van der Waals surface area contributed by atoms with Crippen LogP contribution in [0.25, 0.3) is 10.2 Å². The molecule has 2 rings (SSSR count). The number of thiophene rings is 1. The van der Waals surface area contributed by atoms with Gasteiger partial charge >= 0.3 is 0 Å². The molecule has 3 N–H and O–H groups in total. The molecule has 1 amide bonds. The fraction of sp³-hybridized carbons (Fsp3) is 0.462. The maximum Gasteiger partial charge on any atom is 0.262 e. The number of fused-ring (bicyclic) bond motifs is 1. The van der Waals surface area contributed by atoms with Gasteiger partial charge in [0, 0.05) is 18.0 Å². The average molecular weight is 294 g/mol. The molecule has 0 radical (unpaired) electrons. The van der Waals surface area contributed by atoms with Crippen LogP contribution in [0.3, 0.4) is 0 Å². The van der Waals surface area contributed by atoms with E-state index in [9.17, 15) is 9.59 Å². The number of rotatable bonds is 5. The maximum atomic E-state index is 12.4. The molecule has 2 heterocycles. The van der Waals surface area contributed by atoms with Gasteiger partial charge in [-0.2, -0.15) is 0 Å². The molecule has 2 aromatic rings. The Morgan fingerprint density at radius 3 is 3.00 bits per heavy atom. The number of aromatic nitrogens is 2. The lowest BCUT2D eigenvalue weighted by molar-refractivity contribution is -0.124. The third-order valence-electron chi connectivity index (χ3n) is 3.07. The van der Waals surface area contributed by atoms with Crippen molar-refractivity contribution < 1.29 is 4.79 Å². The largest absolute Gasteiger partial charge is 0.353 e. The van der Waals surface area contributed by atoms with Gasteiger partial charge in [0.2, 0.25) is 5.91 Å². The summed E-state index contributed by atoms with van der Waals surface area (Å²) in [6, 6.07) is 1.27. The molecule has 1 atom stereocenters. The van der Waals surface area contributed by atoms with Crippen molar-refractivity contribution in [1.82, 2.24) is 14.9 Å². The topological polar surface area (TPSA) is 90.0 Å². The van der Waals surface area contributed by atoms with Crippen LogP contribution in [-0.4, -0.2) is 28.5 Å². The van der Waals surface area contributed by atoms with Crippen molar-refractivity contribution in [2.45, 2.75) is 26.3 Å². The quantitative estimate of drug-likeness (QED) is 0.853. The molecule has 0 saturated carbocycles. The van der Waals surface area contributed by atoms with Crippen LogP contribution in [-0.2, 0) is 4.79 Å². The van der Waals surface area contributed by atoms with Crippen molar-refractivity contribution in [3.63, 3.8) is 0 Å². The molecule has 0 aromatic carbocycles. The number of carbonyl (C=O) groups is 1. The van der Waals surface area contributed by atoms with Crippen LogP contribution in [0.15, 0.2) is 17.2 Å². The molecule has 0 fully saturated rings. The number of nitrogens with one attached hydrogen (secondary N) is 1. The van der Waals surface area contributed by atoms with Crippen LogP contribution < -0.4 is 16.6 Å². The number of hydrogen-bond donors (Lipinski definition) is 2. The van der Waals surface area contributed by atoms with Crippen molar-refractivity contribution in [2.75, 3.05) is 13.1 Å². The van der Waals surface area contributed by atoms with Gasteiger partial charge in [0.25, 0.3) is 5.56 Å². The van der Waals surface area contributed by atoms with Crippen molar-refractivity contribution in [1.29, 1.82) is 0 Å². The number of carbonyl (C=O) groups excluding carboxylic acids is 1. The summed E-state index contributed by atoms with van der Waals surface area (Å²) in [5, 5.41) is 3.28. The van der Waals surface area contributed by atoms with Gasteiger partial charge in [-0.3, -0.25) is 14.2 Å². The van der Waals surface area contributed by atoms with E-state index < -0.39 is 6.04 Å². The van der Waals surface area contributed by atoms with Crippen LogP contribution >= 0.6 is 11.3 Å². The Morgan fingerprint density at radius 2 is 2.35 bits per heavy atom. The van der Waals surface area contributed by atoms with Crippen LogP contribution in [0.1, 0.15) is 24.3 Å². The molecule has 0 spiro atoms. The third kappa shape index (κ3) is 2.73. The predicted octanol–water partition coefficient (Wildman–Crippen LogP) is 0.792. The van der Waals surface area contributed by atoms with Crippen molar-refractivity contribution >= 4 is 27.5 Å². The molecule has 7 heteroatoms. The summed E-state index contributed by atoms with van der Waals surface area (Å²) < 4.78 is 1.40. The summed E-state index contributed by atoms with van der Waals surface area (Å²) in [7, 11) is 0. The van der Waals surface area contributed by atoms with Crippen LogP contribution in [0.5, 0.6) is 0 Å². The Morgan fingerprint density at radius 1 is 1.60 bits per heavy atom. The molecular weight excluding hydrogens is 276 g/mol. The lowest BCUT2D eigenvalue weighted by atomic mass is 10.2. The first-order valence-electron chi connectivity index (χ1n) is 6.53. The molecule has 20 heavy (non-hydrogen) atoms. The molecule has 0 aliphatic heterocycles. The minimum atomic E-state index is -0.550. The highest BCUT2D eigenvalue weighted by atomic mass is 32.1. The van der Waals surface area contributed by atoms with Gasteiger partial charge in [0.1, 0.15) is 10.9 Å². The van der Waals surface area contributed by atoms with E-state index in [2.05, 4.69) is 10.3 Å². The van der Waals surface area contributed by atoms with Gasteiger partial charge in [0.15, 0.2) is 0 Å². The zero-order chi connectivity index (χ0) is 14.7. The second-order valence-electron chi connectivity index (χ2n) is 4.54. The molecule has 0 aliphatic rings. The Hall–Kier alpha value is -1.73. The zero-order valence-corrected chi connectivity index (χ0v) is 12.4. The maximum absolute atomic E-state index is 12.4. The minimum absolute atomic E-state index is 0.172. The molecule has 108 valence electrons. The Kier molecular flexibility index (Phi) is 4.51. The molecule has 0 saturated heterocycles. The number of hydrogen-bond acceptors (Lipinski definition) is 5. The molecule has 0 bridgehead atoms. The summed E-state index contributed by atoms with van der Waals surface area (Å²) in [5.41, 5.74) is 5.20. The van der Waals surface area contributed by atoms with Gasteiger partial charge in [-0.25, -0.2) is 4.98 Å². The Bertz CT molecular complexity index is 677. The van der Waals surface area contributed by atoms with E-state index in [1.807, 2.05) is 19.9 Å². The standard InChI is InChI=1S/C13H18N4O2S/c1-3-10(11(18)15-5-4-14)17-7-16-12-9(13(17)19)6-8(2)20-12/h6-7,10H,3-5,14H2,1-2H3,(H,15,18). The summed E-state index contributed by atoms with van der Waals surface area (Å²) in [6.45, 7) is 4.57. The highest BCUT2D eigenvalue weighted by molar-refractivity contribution is 7.18. The molecule has 6 nitrogen and oxygen atoms in total. The first-order chi connectivity index (χ1) is 9.58. The summed E-state index contributed by atoms with van der Waals surface area (Å²) in [4.78, 5) is 30.5. The molecule has 0 aliphatic carbocycles. The fourth-order valence-electron chi connectivity index (χ4n) is 2.10. The second-order valence-corrected chi connectivity index (χ2v) is 5.77. The van der Waals surface area contributed by atoms with E-state index in [0.29, 0.717) is 29.7 Å². The van der Waals surface area contributed by atoms with Crippen LogP contribution in [0, 0.1) is 6.92 Å². The first kappa shape index (κ1) is 14.7. The minimum Gasteiger partial charge on any atom is -0.353 e. The van der Waals surface area contributed by atoms with Gasteiger partial charge < -0.3 is 11.1 Å². The highest BCUT2D eigenvalue weighted by Gasteiger charge is 2.20. The van der Waals surface area contributed by atoms with Gasteiger partial charge in [-0.15, -0.1) is 11.3 Å². The van der Waals surface area contributed by atoms with Gasteiger partial charge in [-0.05, 0) is 19.4 Å². The summed E-state index contributed by atoms with van der Waals surface area (Å²) in [6.07, 6.45) is 1.98. The van der Waals surface area contributed by atoms with E-state index in [1.165, 1.54) is 22.2 Å². The smallest absolute Gasteiger partial charge is 0.262 e. The molecule has 2 aromatic heterocycles. The van der Waals surface area contributed by atoms with E-state index in [1.54, 1.807) is 0 Å². The second kappa shape index (κ2) is 6.15. The first-order valence-corrected chi connectivity index (χ1v) is 7.35. The fourth-order valence-corrected chi connectivity index (χ4v) is 2.94. The van der Waals surface area contributed by atoms with Gasteiger partial charge in [-0.1, -0.05) is 6.92 Å². The summed E-state index contributed by atoms with van der Waals surface area (Å²) >= 11 is 1.48. The van der Waals surface area contributed by atoms with Crippen LogP contribution in [0.4, 0.5) is 0 Å². The van der Waals surface area contributed by atoms with E-state index in [0.717, 1.165) is 4.88 Å². The third-order valence-corrected chi connectivity index (χ3v) is 4.03. The number of aryl methyl sites for hydroxylation is 1. The molecule has 1 unspecified atom stereocenters. The Balaban J connectivity index is 2.42. The summed E-state index contributed by atoms with van der Waals surface area (Å²) in [5.74, 6) is -0.201. The zero-order valence-electron chi connectivity index (χ0n) is 11.5. The number of nitrogens with zero attached hydrogens (tertiary/aromatic N) is 2. The van der Waals surface area contributed by atoms with Crippen LogP contribution in [0.2, 0.25) is 0 Å². The lowest BCUT2D eigenvalue weighted by Crippen LogP contribution is -2.38. The highest BCUT2D eigenvalue weighted by Crippen LogP contribution is 2.20. The number of nitrogens with two attached hydrogens (primary N) is 1. The SMILES string of the molecule is CCC(C(=O)NCCN)n1cnc2sc(C)cc2c1=O. The van der Waals surface area contributed by atoms with Gasteiger partial charge in [0.05, 0.1) is 11.7 Å².